The lowest BCUT2D eigenvalue weighted by Crippen LogP contribution is -2.04. The van der Waals surface area contributed by atoms with Crippen molar-refractivity contribution in [2.75, 3.05) is 0 Å². The molecule has 1 aromatic heterocycles. The Morgan fingerprint density at radius 3 is 2.59 bits per heavy atom. The first-order chi connectivity index (χ1) is 10.3. The predicted molar refractivity (Wildman–Crippen MR) is 67.1 cm³/mol. The summed E-state index contributed by atoms with van der Waals surface area (Å²) in [5, 5.41) is 19.4. The van der Waals surface area contributed by atoms with Gasteiger partial charge in [-0.05, 0) is 18.2 Å². The van der Waals surface area contributed by atoms with Gasteiger partial charge in [0.1, 0.15) is 11.8 Å². The van der Waals surface area contributed by atoms with E-state index in [0.717, 1.165) is 30.3 Å². The molecule has 0 N–H and O–H groups in total. The monoisotopic (exact) mass is 309 g/mol. The van der Waals surface area contributed by atoms with Crippen molar-refractivity contribution in [3.05, 3.63) is 57.8 Å². The van der Waals surface area contributed by atoms with E-state index in [-0.39, 0.29) is 11.6 Å². The largest absolute Gasteiger partial charge is 0.439 e. The van der Waals surface area contributed by atoms with Gasteiger partial charge >= 0.3 is 11.9 Å². The first kappa shape index (κ1) is 15.2. The lowest BCUT2D eigenvalue weighted by molar-refractivity contribution is -0.385. The molecule has 2 rings (SSSR count). The van der Waals surface area contributed by atoms with Crippen LogP contribution in [0.3, 0.4) is 0 Å². The molecule has 1 aromatic carbocycles. The van der Waals surface area contributed by atoms with E-state index in [9.17, 15) is 23.3 Å². The van der Waals surface area contributed by atoms with Crippen molar-refractivity contribution in [1.82, 2.24) is 4.98 Å². The van der Waals surface area contributed by atoms with Gasteiger partial charge in [-0.15, -0.1) is 0 Å². The average Bonchev–Trinajstić information content (AvgIpc) is 2.46. The number of hydrogen-bond donors (Lipinski definition) is 0. The van der Waals surface area contributed by atoms with Crippen LogP contribution in [0.15, 0.2) is 36.4 Å². The van der Waals surface area contributed by atoms with Crippen LogP contribution in [0, 0.1) is 21.4 Å². The summed E-state index contributed by atoms with van der Waals surface area (Å²) in [6.07, 6.45) is -4.53. The Hall–Kier alpha value is -3.15. The minimum absolute atomic E-state index is 0.153. The minimum Gasteiger partial charge on any atom is -0.439 e. The molecule has 9 heteroatoms. The number of rotatable bonds is 3. The second kappa shape index (κ2) is 5.69. The predicted octanol–water partition coefficient (Wildman–Crippen LogP) is 3.67. The van der Waals surface area contributed by atoms with E-state index in [2.05, 4.69) is 4.98 Å². The number of aromatic nitrogens is 1. The third-order valence-corrected chi connectivity index (χ3v) is 2.53. The summed E-state index contributed by atoms with van der Waals surface area (Å²) in [5.41, 5.74) is -1.92. The van der Waals surface area contributed by atoms with E-state index in [1.807, 2.05) is 0 Å². The van der Waals surface area contributed by atoms with Crippen LogP contribution < -0.4 is 4.74 Å². The van der Waals surface area contributed by atoms with Crippen molar-refractivity contribution >= 4 is 5.69 Å². The van der Waals surface area contributed by atoms with Crippen LogP contribution in [-0.2, 0) is 6.18 Å². The normalized spacial score (nSPS) is 10.8. The number of halogens is 3. The molecule has 0 spiro atoms. The Bertz CT molecular complexity index is 769. The highest BCUT2D eigenvalue weighted by atomic mass is 19.4. The van der Waals surface area contributed by atoms with Crippen molar-refractivity contribution in [2.24, 2.45) is 0 Å². The smallest absolute Gasteiger partial charge is 0.416 e. The number of nitrogens with zero attached hydrogens (tertiary/aromatic N) is 3. The third-order valence-electron chi connectivity index (χ3n) is 2.53. The van der Waals surface area contributed by atoms with Crippen LogP contribution in [0.1, 0.15) is 11.3 Å². The number of hydrogen-bond acceptors (Lipinski definition) is 5. The van der Waals surface area contributed by atoms with Gasteiger partial charge in [0.05, 0.1) is 10.5 Å². The molecule has 22 heavy (non-hydrogen) atoms. The Labute approximate surface area is 121 Å². The van der Waals surface area contributed by atoms with Crippen LogP contribution in [0.25, 0.3) is 0 Å². The molecule has 0 unspecified atom stereocenters. The fourth-order valence-electron chi connectivity index (χ4n) is 1.58. The molecule has 0 saturated heterocycles. The molecule has 0 aliphatic heterocycles. The maximum absolute atomic E-state index is 12.6. The highest BCUT2D eigenvalue weighted by Gasteiger charge is 2.30. The van der Waals surface area contributed by atoms with E-state index in [1.54, 1.807) is 0 Å². The summed E-state index contributed by atoms with van der Waals surface area (Å²) in [6.45, 7) is 0. The van der Waals surface area contributed by atoms with Crippen LogP contribution >= 0.6 is 0 Å². The highest BCUT2D eigenvalue weighted by molar-refractivity contribution is 5.46. The second-order valence-corrected chi connectivity index (χ2v) is 4.01. The maximum Gasteiger partial charge on any atom is 0.416 e. The molecule has 2 aromatic rings. The van der Waals surface area contributed by atoms with Gasteiger partial charge < -0.3 is 4.74 Å². The quantitative estimate of drug-likeness (QED) is 0.637. The summed E-state index contributed by atoms with van der Waals surface area (Å²) in [6, 6.07) is 7.66. The number of nitro groups is 1. The number of alkyl halides is 3. The first-order valence-electron chi connectivity index (χ1n) is 5.72. The zero-order valence-corrected chi connectivity index (χ0v) is 10.7. The number of nitriles is 1. The van der Waals surface area contributed by atoms with Gasteiger partial charge in [-0.25, -0.2) is 0 Å². The molecule has 0 aliphatic carbocycles. The van der Waals surface area contributed by atoms with Gasteiger partial charge in [0.2, 0.25) is 11.6 Å². The van der Waals surface area contributed by atoms with Gasteiger partial charge in [-0.2, -0.15) is 23.4 Å². The Balaban J connectivity index is 2.32. The first-order valence-corrected chi connectivity index (χ1v) is 5.72. The van der Waals surface area contributed by atoms with Gasteiger partial charge in [-0.3, -0.25) is 10.1 Å². The molecule has 0 atom stereocenters. The summed E-state index contributed by atoms with van der Waals surface area (Å²) in [5.74, 6) is -0.374. The molecule has 0 amide bonds. The summed E-state index contributed by atoms with van der Waals surface area (Å²) in [7, 11) is 0. The topological polar surface area (TPSA) is 89.0 Å². The fourth-order valence-corrected chi connectivity index (χ4v) is 1.58. The van der Waals surface area contributed by atoms with E-state index in [4.69, 9.17) is 10.00 Å². The SMILES string of the molecule is N#Cc1nc(Oc2cccc(C(F)(F)F)c2)ccc1[N+](=O)[O-]. The number of ether oxygens (including phenoxy) is 1. The summed E-state index contributed by atoms with van der Waals surface area (Å²) < 4.78 is 42.8. The number of pyridine rings is 1. The van der Waals surface area contributed by atoms with Crippen LogP contribution in [0.2, 0.25) is 0 Å². The van der Waals surface area contributed by atoms with Crippen LogP contribution in [0.4, 0.5) is 18.9 Å². The van der Waals surface area contributed by atoms with Gasteiger partial charge in [0.15, 0.2) is 0 Å². The van der Waals surface area contributed by atoms with Gasteiger partial charge in [0, 0.05) is 12.1 Å². The molecule has 0 aliphatic rings. The van der Waals surface area contributed by atoms with Gasteiger partial charge in [0.25, 0.3) is 0 Å². The van der Waals surface area contributed by atoms with Crippen molar-refractivity contribution < 1.29 is 22.8 Å². The molecule has 0 fully saturated rings. The van der Waals surface area contributed by atoms with Crippen LogP contribution in [-0.4, -0.2) is 9.91 Å². The average molecular weight is 309 g/mol. The molecule has 0 saturated carbocycles. The van der Waals surface area contributed by atoms with Gasteiger partial charge in [-0.1, -0.05) is 6.07 Å². The van der Waals surface area contributed by atoms with E-state index < -0.39 is 28.0 Å². The molecular formula is C13H6F3N3O3. The number of benzene rings is 1. The third kappa shape index (κ3) is 3.29. The van der Waals surface area contributed by atoms with Crippen molar-refractivity contribution in [2.45, 2.75) is 6.18 Å². The molecule has 0 bridgehead atoms. The minimum atomic E-state index is -4.53. The molecule has 0 radical (unpaired) electrons. The Morgan fingerprint density at radius 2 is 2.00 bits per heavy atom. The van der Waals surface area contributed by atoms with Crippen LogP contribution in [0.5, 0.6) is 11.6 Å². The van der Waals surface area contributed by atoms with E-state index in [1.165, 1.54) is 12.1 Å². The fraction of sp³-hybridized carbons (Fsp3) is 0.0769. The standard InChI is InChI=1S/C13H6F3N3O3/c14-13(15,16)8-2-1-3-9(6-8)22-12-5-4-11(19(20)21)10(7-17)18-12/h1-6H. The maximum atomic E-state index is 12.6. The zero-order valence-electron chi connectivity index (χ0n) is 10.7. The molecule has 112 valence electrons. The summed E-state index contributed by atoms with van der Waals surface area (Å²) in [4.78, 5) is 13.5. The van der Waals surface area contributed by atoms with Crippen molar-refractivity contribution in [1.29, 1.82) is 5.26 Å². The summed E-state index contributed by atoms with van der Waals surface area (Å²) >= 11 is 0. The van der Waals surface area contributed by atoms with E-state index >= 15 is 0 Å². The van der Waals surface area contributed by atoms with E-state index in [0.29, 0.717) is 0 Å². The Morgan fingerprint density at radius 1 is 1.27 bits per heavy atom. The molecular weight excluding hydrogens is 303 g/mol. The lowest BCUT2D eigenvalue weighted by Gasteiger charge is -2.09. The zero-order chi connectivity index (χ0) is 16.3. The molecule has 1 heterocycles. The molecule has 6 nitrogen and oxygen atoms in total. The Kier molecular flexibility index (Phi) is 3.94. The second-order valence-electron chi connectivity index (χ2n) is 4.01. The van der Waals surface area contributed by atoms with Crippen molar-refractivity contribution in [3.8, 4) is 17.7 Å². The highest BCUT2D eigenvalue weighted by Crippen LogP contribution is 2.32. The lowest BCUT2D eigenvalue weighted by atomic mass is 10.2. The van der Waals surface area contributed by atoms with Crippen molar-refractivity contribution in [3.63, 3.8) is 0 Å².